The van der Waals surface area contributed by atoms with Gasteiger partial charge < -0.3 is 30.8 Å². The minimum Gasteiger partial charge on any atom is -0.479 e. The Labute approximate surface area is 204 Å². The lowest BCUT2D eigenvalue weighted by Gasteiger charge is -2.27. The van der Waals surface area contributed by atoms with Crippen molar-refractivity contribution in [2.75, 3.05) is 10.6 Å². The van der Waals surface area contributed by atoms with Crippen molar-refractivity contribution in [3.8, 4) is 5.75 Å². The van der Waals surface area contributed by atoms with E-state index in [1.807, 2.05) is 0 Å². The molecule has 10 nitrogen and oxygen atoms in total. The first kappa shape index (κ1) is 24.9. The zero-order chi connectivity index (χ0) is 24.9. The number of rotatable bonds is 8. The van der Waals surface area contributed by atoms with Gasteiger partial charge in [0, 0.05) is 21.4 Å². The Hall–Kier alpha value is -3.76. The number of benzene rings is 2. The number of ether oxygens (including phenoxy) is 1. The number of amides is 3. The normalized spacial score (nSPS) is 11.9. The van der Waals surface area contributed by atoms with E-state index in [-0.39, 0.29) is 5.69 Å². The number of anilines is 2. The van der Waals surface area contributed by atoms with Crippen LogP contribution in [0.4, 0.5) is 16.2 Å². The molecule has 2 aromatic carbocycles. The number of urea groups is 1. The number of carboxylic acids is 1. The Morgan fingerprint density at radius 3 is 2.21 bits per heavy atom. The standard InChI is InChI=1S/C22H21Cl2N5O5/c1-22(2,20(32)29-18(19(30)31)17-10-25-11-26-17)34-16-5-3-14(4-6-16)27-21(33)28-15-8-12(23)7-13(24)9-15/h3-11,18H,1-2H3,(H,25,26)(H,29,32)(H,30,31)(H2,27,28,33)/t18-/m0/s1. The first-order chi connectivity index (χ1) is 16.0. The number of halogens is 2. The highest BCUT2D eigenvalue weighted by Gasteiger charge is 2.34. The van der Waals surface area contributed by atoms with Gasteiger partial charge in [-0.2, -0.15) is 0 Å². The maximum Gasteiger partial charge on any atom is 0.332 e. The number of aliphatic carboxylic acids is 1. The molecular formula is C22H21Cl2N5O5. The van der Waals surface area contributed by atoms with E-state index in [0.717, 1.165) is 0 Å². The van der Waals surface area contributed by atoms with E-state index in [9.17, 15) is 19.5 Å². The van der Waals surface area contributed by atoms with Crippen molar-refractivity contribution >= 4 is 52.5 Å². The summed E-state index contributed by atoms with van der Waals surface area (Å²) in [5.74, 6) is -1.56. The summed E-state index contributed by atoms with van der Waals surface area (Å²) in [5.41, 5.74) is -0.278. The third-order valence-electron chi connectivity index (χ3n) is 4.51. The summed E-state index contributed by atoms with van der Waals surface area (Å²) in [4.78, 5) is 42.9. The van der Waals surface area contributed by atoms with Crippen LogP contribution >= 0.6 is 23.2 Å². The average Bonchev–Trinajstić information content (AvgIpc) is 3.26. The lowest BCUT2D eigenvalue weighted by molar-refractivity contribution is -0.145. The predicted molar refractivity (Wildman–Crippen MR) is 127 cm³/mol. The summed E-state index contributed by atoms with van der Waals surface area (Å²) in [6, 6.07) is 9.12. The molecule has 1 atom stereocenters. The number of hydrogen-bond donors (Lipinski definition) is 5. The fraction of sp³-hybridized carbons (Fsp3) is 0.182. The van der Waals surface area contributed by atoms with Crippen LogP contribution < -0.4 is 20.7 Å². The van der Waals surface area contributed by atoms with Crippen LogP contribution in [0.2, 0.25) is 10.0 Å². The topological polar surface area (TPSA) is 145 Å². The molecule has 0 radical (unpaired) electrons. The Bertz CT molecular complexity index is 1160. The maximum absolute atomic E-state index is 12.7. The summed E-state index contributed by atoms with van der Waals surface area (Å²) in [5, 5.41) is 17.9. The van der Waals surface area contributed by atoms with Crippen LogP contribution in [0.25, 0.3) is 0 Å². The molecule has 0 aliphatic heterocycles. The number of carboxylic acid groups (broad SMARTS) is 1. The van der Waals surface area contributed by atoms with Crippen LogP contribution in [0.15, 0.2) is 55.0 Å². The number of imidazole rings is 1. The van der Waals surface area contributed by atoms with Gasteiger partial charge in [0.05, 0.1) is 18.2 Å². The van der Waals surface area contributed by atoms with E-state index < -0.39 is 29.6 Å². The Morgan fingerprint density at radius 2 is 1.65 bits per heavy atom. The SMILES string of the molecule is CC(C)(Oc1ccc(NC(=O)Nc2cc(Cl)cc(Cl)c2)cc1)C(=O)N[C@H](C(=O)O)c1cnc[nH]1. The van der Waals surface area contributed by atoms with Gasteiger partial charge in [-0.05, 0) is 56.3 Å². The molecule has 3 rings (SSSR count). The highest BCUT2D eigenvalue weighted by Crippen LogP contribution is 2.24. The second kappa shape index (κ2) is 10.4. The summed E-state index contributed by atoms with van der Waals surface area (Å²) in [6.07, 6.45) is 2.63. The minimum absolute atomic E-state index is 0.227. The van der Waals surface area contributed by atoms with Crippen molar-refractivity contribution in [3.63, 3.8) is 0 Å². The number of nitrogens with one attached hydrogen (secondary N) is 4. The largest absolute Gasteiger partial charge is 0.479 e. The molecule has 1 aromatic heterocycles. The molecule has 0 aliphatic carbocycles. The second-order valence-electron chi connectivity index (χ2n) is 7.63. The quantitative estimate of drug-likeness (QED) is 0.305. The van der Waals surface area contributed by atoms with Gasteiger partial charge in [0.1, 0.15) is 5.75 Å². The molecule has 0 spiro atoms. The van der Waals surface area contributed by atoms with Gasteiger partial charge >= 0.3 is 12.0 Å². The molecule has 178 valence electrons. The van der Waals surface area contributed by atoms with Crippen LogP contribution in [-0.2, 0) is 9.59 Å². The third-order valence-corrected chi connectivity index (χ3v) is 4.94. The first-order valence-electron chi connectivity index (χ1n) is 9.89. The first-order valence-corrected chi connectivity index (χ1v) is 10.6. The third kappa shape index (κ3) is 6.63. The Balaban J connectivity index is 1.59. The maximum atomic E-state index is 12.7. The lowest BCUT2D eigenvalue weighted by Crippen LogP contribution is -2.49. The van der Waals surface area contributed by atoms with Crippen molar-refractivity contribution in [1.82, 2.24) is 15.3 Å². The van der Waals surface area contributed by atoms with Gasteiger partial charge in [-0.1, -0.05) is 23.2 Å². The number of carbonyl (C=O) groups excluding carboxylic acids is 2. The zero-order valence-electron chi connectivity index (χ0n) is 18.1. The molecule has 0 fully saturated rings. The smallest absolute Gasteiger partial charge is 0.332 e. The van der Waals surface area contributed by atoms with E-state index in [1.54, 1.807) is 42.5 Å². The van der Waals surface area contributed by atoms with Gasteiger partial charge in [0.15, 0.2) is 11.6 Å². The Kier molecular flexibility index (Phi) is 7.64. The summed E-state index contributed by atoms with van der Waals surface area (Å²) in [6.45, 7) is 3.01. The van der Waals surface area contributed by atoms with Gasteiger partial charge in [0.25, 0.3) is 5.91 Å². The fourth-order valence-electron chi connectivity index (χ4n) is 2.87. The predicted octanol–water partition coefficient (Wildman–Crippen LogP) is 4.46. The van der Waals surface area contributed by atoms with Crippen molar-refractivity contribution in [2.24, 2.45) is 0 Å². The second-order valence-corrected chi connectivity index (χ2v) is 8.50. The van der Waals surface area contributed by atoms with Crippen LogP contribution in [-0.4, -0.2) is 38.6 Å². The fourth-order valence-corrected chi connectivity index (χ4v) is 3.39. The summed E-state index contributed by atoms with van der Waals surface area (Å²) < 4.78 is 5.76. The highest BCUT2D eigenvalue weighted by atomic mass is 35.5. The van der Waals surface area contributed by atoms with E-state index in [2.05, 4.69) is 25.9 Å². The molecule has 0 saturated heterocycles. The molecule has 5 N–H and O–H groups in total. The van der Waals surface area contributed by atoms with Gasteiger partial charge in [0.2, 0.25) is 0 Å². The number of H-pyrrole nitrogens is 1. The summed E-state index contributed by atoms with van der Waals surface area (Å²) in [7, 11) is 0. The van der Waals surface area contributed by atoms with E-state index in [0.29, 0.717) is 27.2 Å². The molecular weight excluding hydrogens is 485 g/mol. The van der Waals surface area contributed by atoms with Gasteiger partial charge in [-0.25, -0.2) is 14.6 Å². The number of nitrogens with zero attached hydrogens (tertiary/aromatic N) is 1. The van der Waals surface area contributed by atoms with E-state index in [4.69, 9.17) is 27.9 Å². The number of aromatic amines is 1. The van der Waals surface area contributed by atoms with Gasteiger partial charge in [-0.3, -0.25) is 4.79 Å². The molecule has 3 amide bonds. The molecule has 34 heavy (non-hydrogen) atoms. The van der Waals surface area contributed by atoms with E-state index in [1.165, 1.54) is 26.4 Å². The molecule has 1 heterocycles. The number of hydrogen-bond acceptors (Lipinski definition) is 5. The van der Waals surface area contributed by atoms with Crippen LogP contribution in [0.5, 0.6) is 5.75 Å². The zero-order valence-corrected chi connectivity index (χ0v) is 19.6. The van der Waals surface area contributed by atoms with Crippen molar-refractivity contribution in [2.45, 2.75) is 25.5 Å². The number of carbonyl (C=O) groups is 3. The highest BCUT2D eigenvalue weighted by molar-refractivity contribution is 6.35. The van der Waals surface area contributed by atoms with Crippen LogP contribution in [0.3, 0.4) is 0 Å². The van der Waals surface area contributed by atoms with Crippen LogP contribution in [0.1, 0.15) is 25.6 Å². The van der Waals surface area contributed by atoms with Crippen LogP contribution in [0, 0.1) is 0 Å². The van der Waals surface area contributed by atoms with Crippen molar-refractivity contribution < 1.29 is 24.2 Å². The lowest BCUT2D eigenvalue weighted by atomic mass is 10.1. The molecule has 0 saturated carbocycles. The molecule has 12 heteroatoms. The molecule has 3 aromatic rings. The molecule has 0 bridgehead atoms. The monoisotopic (exact) mass is 505 g/mol. The van der Waals surface area contributed by atoms with Gasteiger partial charge in [-0.15, -0.1) is 0 Å². The summed E-state index contributed by atoms with van der Waals surface area (Å²) >= 11 is 11.8. The minimum atomic E-state index is -1.40. The Morgan fingerprint density at radius 1 is 1.03 bits per heavy atom. The average molecular weight is 506 g/mol. The molecule has 0 unspecified atom stereocenters. The molecule has 0 aliphatic rings. The van der Waals surface area contributed by atoms with Crippen molar-refractivity contribution in [3.05, 3.63) is 70.7 Å². The van der Waals surface area contributed by atoms with E-state index >= 15 is 0 Å². The van der Waals surface area contributed by atoms with Crippen molar-refractivity contribution in [1.29, 1.82) is 0 Å². The number of aromatic nitrogens is 2.